The Morgan fingerprint density at radius 3 is 2.29 bits per heavy atom. The van der Waals surface area contributed by atoms with Gasteiger partial charge in [0.1, 0.15) is 0 Å². The first-order valence-corrected chi connectivity index (χ1v) is 5.01. The van der Waals surface area contributed by atoms with E-state index in [1.165, 1.54) is 11.1 Å². The monoisotopic (exact) mass is 188 g/mol. The van der Waals surface area contributed by atoms with Crippen LogP contribution < -0.4 is 0 Å². The molecule has 0 amide bonds. The summed E-state index contributed by atoms with van der Waals surface area (Å²) in [6.45, 7) is 0. The van der Waals surface area contributed by atoms with Gasteiger partial charge in [-0.25, -0.2) is 0 Å². The van der Waals surface area contributed by atoms with E-state index in [2.05, 4.69) is 12.1 Å². The summed E-state index contributed by atoms with van der Waals surface area (Å²) in [6, 6.07) is 8.33. The van der Waals surface area contributed by atoms with Crippen molar-refractivity contribution in [1.82, 2.24) is 0 Å². The lowest BCUT2D eigenvalue weighted by Gasteiger charge is -2.03. The third-order valence-corrected chi connectivity index (χ3v) is 3.69. The highest BCUT2D eigenvalue weighted by Crippen LogP contribution is 2.60. The Bertz CT molecular complexity index is 384. The van der Waals surface area contributed by atoms with Crippen LogP contribution in [0.25, 0.3) is 0 Å². The number of fused-ring (bicyclic) bond motifs is 1. The molecule has 72 valence electrons. The predicted molar refractivity (Wildman–Crippen MR) is 52.0 cm³/mol. The quantitative estimate of drug-likeness (QED) is 0.730. The minimum absolute atomic E-state index is 0.0881. The molecule has 1 spiro atoms. The van der Waals surface area contributed by atoms with E-state index in [0.29, 0.717) is 0 Å². The number of benzene rings is 1. The van der Waals surface area contributed by atoms with Crippen LogP contribution in [-0.4, -0.2) is 11.1 Å². The van der Waals surface area contributed by atoms with Crippen molar-refractivity contribution < 1.29 is 9.90 Å². The fraction of sp³-hybridized carbons (Fsp3) is 0.417. The number of carboxylic acids is 1. The first-order chi connectivity index (χ1) is 6.71. The molecule has 3 rings (SSSR count). The molecular weight excluding hydrogens is 176 g/mol. The summed E-state index contributed by atoms with van der Waals surface area (Å²) in [6.07, 6.45) is 2.82. The molecule has 2 aliphatic rings. The first-order valence-electron chi connectivity index (χ1n) is 5.01. The summed E-state index contributed by atoms with van der Waals surface area (Å²) < 4.78 is 0. The second-order valence-corrected chi connectivity index (χ2v) is 4.58. The molecule has 1 N–H and O–H groups in total. The molecule has 0 heterocycles. The maximum atomic E-state index is 10.9. The molecule has 14 heavy (non-hydrogen) atoms. The van der Waals surface area contributed by atoms with Crippen molar-refractivity contribution in [2.24, 2.45) is 11.3 Å². The number of carboxylic acid groups (broad SMARTS) is 1. The minimum atomic E-state index is -0.613. The highest BCUT2D eigenvalue weighted by molar-refractivity contribution is 5.75. The molecule has 1 atom stereocenters. The van der Waals surface area contributed by atoms with Crippen LogP contribution in [0.5, 0.6) is 0 Å². The van der Waals surface area contributed by atoms with E-state index in [0.717, 1.165) is 19.3 Å². The Hall–Kier alpha value is -1.31. The summed E-state index contributed by atoms with van der Waals surface area (Å²) in [7, 11) is 0. The largest absolute Gasteiger partial charge is 0.481 e. The van der Waals surface area contributed by atoms with Gasteiger partial charge in [-0.2, -0.15) is 0 Å². The van der Waals surface area contributed by atoms with Gasteiger partial charge in [0, 0.05) is 0 Å². The summed E-state index contributed by atoms with van der Waals surface area (Å²) in [4.78, 5) is 10.9. The average molecular weight is 188 g/mol. The van der Waals surface area contributed by atoms with Crippen LogP contribution in [0.1, 0.15) is 17.5 Å². The van der Waals surface area contributed by atoms with Crippen LogP contribution >= 0.6 is 0 Å². The van der Waals surface area contributed by atoms with Crippen molar-refractivity contribution in [1.29, 1.82) is 0 Å². The number of hydrogen-bond acceptors (Lipinski definition) is 1. The van der Waals surface area contributed by atoms with E-state index in [-0.39, 0.29) is 11.3 Å². The third kappa shape index (κ3) is 0.939. The van der Waals surface area contributed by atoms with Crippen LogP contribution in [-0.2, 0) is 17.6 Å². The number of aliphatic carboxylic acids is 1. The molecule has 0 bridgehead atoms. The van der Waals surface area contributed by atoms with Crippen LogP contribution in [0, 0.1) is 11.3 Å². The number of hydrogen-bond donors (Lipinski definition) is 1. The standard InChI is InChI=1S/C12H12O2/c13-11(14)10-7-12(10)5-8-3-1-2-4-9(8)6-12/h1-4,10H,5-7H2,(H,13,14). The smallest absolute Gasteiger partial charge is 0.307 e. The van der Waals surface area contributed by atoms with Crippen LogP contribution in [0.15, 0.2) is 24.3 Å². The van der Waals surface area contributed by atoms with E-state index in [9.17, 15) is 4.79 Å². The topological polar surface area (TPSA) is 37.3 Å². The fourth-order valence-corrected chi connectivity index (χ4v) is 2.81. The Balaban J connectivity index is 1.90. The normalized spacial score (nSPS) is 26.1. The van der Waals surface area contributed by atoms with Crippen molar-refractivity contribution in [3.8, 4) is 0 Å². The lowest BCUT2D eigenvalue weighted by Crippen LogP contribution is -2.10. The van der Waals surface area contributed by atoms with Gasteiger partial charge in [-0.05, 0) is 35.8 Å². The van der Waals surface area contributed by atoms with Gasteiger partial charge >= 0.3 is 5.97 Å². The number of carbonyl (C=O) groups is 1. The molecule has 2 heteroatoms. The van der Waals surface area contributed by atoms with Gasteiger partial charge in [0.2, 0.25) is 0 Å². The number of rotatable bonds is 1. The van der Waals surface area contributed by atoms with E-state index < -0.39 is 5.97 Å². The van der Waals surface area contributed by atoms with Crippen molar-refractivity contribution >= 4 is 5.97 Å². The van der Waals surface area contributed by atoms with Crippen molar-refractivity contribution in [2.75, 3.05) is 0 Å². The Morgan fingerprint density at radius 2 is 1.86 bits per heavy atom. The Kier molecular flexibility index (Phi) is 1.37. The minimum Gasteiger partial charge on any atom is -0.481 e. The predicted octanol–water partition coefficient (Wildman–Crippen LogP) is 1.88. The summed E-state index contributed by atoms with van der Waals surface area (Å²) in [5.74, 6) is -0.701. The van der Waals surface area contributed by atoms with Crippen molar-refractivity contribution in [2.45, 2.75) is 19.3 Å². The molecular formula is C12H12O2. The lowest BCUT2D eigenvalue weighted by atomic mass is 10.0. The van der Waals surface area contributed by atoms with E-state index in [1.807, 2.05) is 12.1 Å². The zero-order valence-corrected chi connectivity index (χ0v) is 7.86. The van der Waals surface area contributed by atoms with Crippen molar-refractivity contribution in [3.63, 3.8) is 0 Å². The molecule has 1 aromatic carbocycles. The molecule has 1 aromatic rings. The molecule has 0 radical (unpaired) electrons. The molecule has 2 aliphatic carbocycles. The molecule has 1 saturated carbocycles. The van der Waals surface area contributed by atoms with Gasteiger partial charge in [-0.15, -0.1) is 0 Å². The maximum Gasteiger partial charge on any atom is 0.307 e. The van der Waals surface area contributed by atoms with Gasteiger partial charge in [-0.3, -0.25) is 4.79 Å². The van der Waals surface area contributed by atoms with Gasteiger partial charge in [0.15, 0.2) is 0 Å². The van der Waals surface area contributed by atoms with Gasteiger partial charge < -0.3 is 5.11 Å². The summed E-state index contributed by atoms with van der Waals surface area (Å²) in [5, 5.41) is 8.96. The summed E-state index contributed by atoms with van der Waals surface area (Å²) in [5.41, 5.74) is 2.81. The zero-order valence-electron chi connectivity index (χ0n) is 7.86. The SMILES string of the molecule is O=C(O)C1CC12Cc1ccccc1C2. The Morgan fingerprint density at radius 1 is 1.29 bits per heavy atom. The molecule has 0 aromatic heterocycles. The van der Waals surface area contributed by atoms with E-state index >= 15 is 0 Å². The van der Waals surface area contributed by atoms with Gasteiger partial charge in [0.05, 0.1) is 5.92 Å². The fourth-order valence-electron chi connectivity index (χ4n) is 2.81. The molecule has 1 unspecified atom stereocenters. The summed E-state index contributed by atoms with van der Waals surface area (Å²) >= 11 is 0. The molecule has 0 saturated heterocycles. The maximum absolute atomic E-state index is 10.9. The highest BCUT2D eigenvalue weighted by atomic mass is 16.4. The van der Waals surface area contributed by atoms with E-state index in [1.54, 1.807) is 0 Å². The highest BCUT2D eigenvalue weighted by Gasteiger charge is 2.60. The second-order valence-electron chi connectivity index (χ2n) is 4.58. The third-order valence-electron chi connectivity index (χ3n) is 3.69. The lowest BCUT2D eigenvalue weighted by molar-refractivity contribution is -0.139. The molecule has 2 nitrogen and oxygen atoms in total. The van der Waals surface area contributed by atoms with E-state index in [4.69, 9.17) is 5.11 Å². The first kappa shape index (κ1) is 8.04. The van der Waals surface area contributed by atoms with Crippen LogP contribution in [0.2, 0.25) is 0 Å². The van der Waals surface area contributed by atoms with Crippen LogP contribution in [0.4, 0.5) is 0 Å². The van der Waals surface area contributed by atoms with Gasteiger partial charge in [0.25, 0.3) is 0 Å². The average Bonchev–Trinajstić information content (AvgIpc) is 2.72. The van der Waals surface area contributed by atoms with Crippen LogP contribution in [0.3, 0.4) is 0 Å². The molecule has 1 fully saturated rings. The molecule has 0 aliphatic heterocycles. The Labute approximate surface area is 82.6 Å². The van der Waals surface area contributed by atoms with Crippen molar-refractivity contribution in [3.05, 3.63) is 35.4 Å². The zero-order chi connectivity index (χ0) is 9.76. The second kappa shape index (κ2) is 2.38. The van der Waals surface area contributed by atoms with Gasteiger partial charge in [-0.1, -0.05) is 24.3 Å².